The molecule has 3 aliphatic rings. The minimum atomic E-state index is -4.41. The Balaban J connectivity index is 0.995. The molecule has 1 amide bonds. The van der Waals surface area contributed by atoms with E-state index < -0.39 is 15.9 Å². The van der Waals surface area contributed by atoms with Crippen LogP contribution in [-0.2, 0) is 14.8 Å². The summed E-state index contributed by atoms with van der Waals surface area (Å²) in [6.07, 6.45) is 15.2. The number of aromatic nitrogens is 3. The third-order valence-corrected chi connectivity index (χ3v) is 13.2. The van der Waals surface area contributed by atoms with Crippen LogP contribution >= 0.6 is 11.6 Å². The number of halogens is 1. The predicted octanol–water partition coefficient (Wildman–Crippen LogP) is 8.09. The van der Waals surface area contributed by atoms with Gasteiger partial charge in [0, 0.05) is 74.3 Å². The number of nitrogens with one attached hydrogen (secondary N) is 2. The van der Waals surface area contributed by atoms with Crippen LogP contribution < -0.4 is 19.1 Å². The van der Waals surface area contributed by atoms with Crippen molar-refractivity contribution in [2.45, 2.75) is 50.8 Å². The van der Waals surface area contributed by atoms with Gasteiger partial charge in [0.25, 0.3) is 15.9 Å². The lowest BCUT2D eigenvalue weighted by molar-refractivity contribution is 0.0490. The third-order valence-electron chi connectivity index (χ3n) is 11.7. The first-order chi connectivity index (χ1) is 28.9. The summed E-state index contributed by atoms with van der Waals surface area (Å²) in [5.74, 6) is 2.61. The molecule has 60 heavy (non-hydrogen) atoms. The van der Waals surface area contributed by atoms with Crippen LogP contribution in [-0.4, -0.2) is 86.7 Å². The van der Waals surface area contributed by atoms with E-state index in [1.165, 1.54) is 22.8 Å². The molecule has 0 saturated carbocycles. The van der Waals surface area contributed by atoms with Crippen LogP contribution in [0.4, 0.5) is 5.69 Å². The lowest BCUT2D eigenvalue weighted by Crippen LogP contribution is -2.47. The average molecular weight is 849 g/mol. The Morgan fingerprint density at radius 3 is 2.58 bits per heavy atom. The standard InChI is InChI=1S/C46H49ClN6O6S/c1-4-32-24-39(28-50-45(32)58-30-31-13-21-57-22-14-31)60(55,56)51-44(54)40-10-9-37(25-42(40)59-38-23-34-12-16-48-43(34)49-27-38)53-19-17-52(18-20-53)29-35-11-15-46(2,3)26-41(35)33-5-7-36(47)8-6-33/h1,5-10,12,16,23-25,27-28,31H,11,13-15,17-22,26,29-30H2,2-3H3,(H,48,49)(H,51,54). The number of hydrogen-bond donors (Lipinski definition) is 2. The molecule has 2 aliphatic heterocycles. The summed E-state index contributed by atoms with van der Waals surface area (Å²) >= 11 is 6.24. The first kappa shape index (κ1) is 41.3. The number of H-pyrrole nitrogens is 1. The zero-order valence-corrected chi connectivity index (χ0v) is 35.4. The van der Waals surface area contributed by atoms with E-state index in [2.05, 4.69) is 61.4 Å². The minimum absolute atomic E-state index is 0.0264. The van der Waals surface area contributed by atoms with E-state index in [1.54, 1.807) is 30.6 Å². The Morgan fingerprint density at radius 1 is 1.03 bits per heavy atom. The molecule has 3 aromatic heterocycles. The molecule has 0 atom stereocenters. The van der Waals surface area contributed by atoms with E-state index in [-0.39, 0.29) is 39.0 Å². The van der Waals surface area contributed by atoms with Gasteiger partial charge >= 0.3 is 0 Å². The van der Waals surface area contributed by atoms with Crippen LogP contribution in [0.25, 0.3) is 16.6 Å². The smallest absolute Gasteiger partial charge is 0.268 e. The number of anilines is 1. The molecule has 14 heteroatoms. The van der Waals surface area contributed by atoms with Gasteiger partial charge in [0.2, 0.25) is 5.88 Å². The highest BCUT2D eigenvalue weighted by molar-refractivity contribution is 7.90. The van der Waals surface area contributed by atoms with Crippen molar-refractivity contribution >= 4 is 49.8 Å². The number of allylic oxidation sites excluding steroid dienone is 1. The number of carbonyl (C=O) groups is 1. The number of nitrogens with zero attached hydrogens (tertiary/aromatic N) is 4. The number of pyridine rings is 2. The quantitative estimate of drug-likeness (QED) is 0.119. The topological polar surface area (TPSA) is 139 Å². The fraction of sp³-hybridized carbons (Fsp3) is 0.370. The molecular formula is C46H49ClN6O6S. The summed E-state index contributed by atoms with van der Waals surface area (Å²) in [7, 11) is -4.41. The van der Waals surface area contributed by atoms with Crippen molar-refractivity contribution in [1.29, 1.82) is 0 Å². The number of amides is 1. The molecule has 8 rings (SSSR count). The molecule has 0 unspecified atom stereocenters. The fourth-order valence-electron chi connectivity index (χ4n) is 8.12. The maximum Gasteiger partial charge on any atom is 0.268 e. The second-order valence-corrected chi connectivity index (χ2v) is 18.7. The Labute approximate surface area is 356 Å². The Hall–Kier alpha value is -5.39. The van der Waals surface area contributed by atoms with Gasteiger partial charge in [-0.2, -0.15) is 0 Å². The normalized spacial score (nSPS) is 17.7. The lowest BCUT2D eigenvalue weighted by atomic mass is 9.72. The summed E-state index contributed by atoms with van der Waals surface area (Å²) < 4.78 is 47.1. The first-order valence-electron chi connectivity index (χ1n) is 20.4. The van der Waals surface area contributed by atoms with Gasteiger partial charge in [0.05, 0.1) is 30.1 Å². The number of benzene rings is 2. The highest BCUT2D eigenvalue weighted by atomic mass is 35.5. The van der Waals surface area contributed by atoms with Crippen LogP contribution in [0.15, 0.2) is 89.7 Å². The second kappa shape index (κ2) is 17.7. The molecule has 5 aromatic rings. The van der Waals surface area contributed by atoms with Gasteiger partial charge in [-0.25, -0.2) is 23.1 Å². The van der Waals surface area contributed by atoms with E-state index in [1.807, 2.05) is 24.3 Å². The van der Waals surface area contributed by atoms with Crippen LogP contribution in [0.1, 0.15) is 67.4 Å². The van der Waals surface area contributed by atoms with Gasteiger partial charge in [-0.15, -0.1) is 6.42 Å². The number of piperazine rings is 1. The maximum absolute atomic E-state index is 13.9. The highest BCUT2D eigenvalue weighted by Gasteiger charge is 2.30. The number of carbonyl (C=O) groups excluding carboxylic acids is 1. The van der Waals surface area contributed by atoms with Crippen molar-refractivity contribution in [2.75, 3.05) is 57.4 Å². The SMILES string of the molecule is C#Cc1cc(S(=O)(=O)NC(=O)c2ccc(N3CCN(CC4=C(c5ccc(Cl)cc5)CC(C)(C)CC4)CC3)cc2Oc2cnc3[nH]ccc3c2)cnc1OCC1CCOCC1. The van der Waals surface area contributed by atoms with Crippen LogP contribution in [0.5, 0.6) is 17.4 Å². The zero-order valence-electron chi connectivity index (χ0n) is 33.9. The predicted molar refractivity (Wildman–Crippen MR) is 233 cm³/mol. The second-order valence-electron chi connectivity index (χ2n) is 16.5. The molecule has 1 aliphatic carbocycles. The Morgan fingerprint density at radius 2 is 1.82 bits per heavy atom. The van der Waals surface area contributed by atoms with Crippen molar-refractivity contribution < 1.29 is 27.4 Å². The molecule has 5 heterocycles. The maximum atomic E-state index is 13.9. The van der Waals surface area contributed by atoms with Gasteiger partial charge in [-0.1, -0.05) is 49.1 Å². The minimum Gasteiger partial charge on any atom is -0.476 e. The molecule has 2 aromatic carbocycles. The number of fused-ring (bicyclic) bond motifs is 1. The van der Waals surface area contributed by atoms with Crippen molar-refractivity contribution in [2.24, 2.45) is 11.3 Å². The number of sulfonamides is 1. The van der Waals surface area contributed by atoms with Crippen molar-refractivity contribution in [1.82, 2.24) is 24.6 Å². The van der Waals surface area contributed by atoms with E-state index in [0.29, 0.717) is 31.2 Å². The number of aromatic amines is 1. The van der Waals surface area contributed by atoms with E-state index in [0.717, 1.165) is 87.1 Å². The molecule has 2 saturated heterocycles. The van der Waals surface area contributed by atoms with Gasteiger partial charge in [0.15, 0.2) is 0 Å². The zero-order chi connectivity index (χ0) is 41.9. The summed E-state index contributed by atoms with van der Waals surface area (Å²) in [5, 5.41) is 1.56. The number of terminal acetylenes is 1. The molecule has 12 nitrogen and oxygen atoms in total. The number of hydrogen-bond acceptors (Lipinski definition) is 10. The molecule has 0 spiro atoms. The van der Waals surface area contributed by atoms with Crippen molar-refractivity contribution in [3.05, 3.63) is 107 Å². The van der Waals surface area contributed by atoms with E-state index >= 15 is 0 Å². The molecular weight excluding hydrogens is 800 g/mol. The average Bonchev–Trinajstić information content (AvgIpc) is 3.72. The first-order valence-corrected chi connectivity index (χ1v) is 22.2. The van der Waals surface area contributed by atoms with Gasteiger partial charge < -0.3 is 24.1 Å². The van der Waals surface area contributed by atoms with E-state index in [9.17, 15) is 13.2 Å². The van der Waals surface area contributed by atoms with Crippen molar-refractivity contribution in [3.8, 4) is 29.7 Å². The van der Waals surface area contributed by atoms with Crippen LogP contribution in [0.3, 0.4) is 0 Å². The molecule has 2 fully saturated rings. The highest BCUT2D eigenvalue weighted by Crippen LogP contribution is 2.43. The van der Waals surface area contributed by atoms with E-state index in [4.69, 9.17) is 32.2 Å². The summed E-state index contributed by atoms with van der Waals surface area (Å²) in [6, 6.07) is 18.4. The largest absolute Gasteiger partial charge is 0.476 e. The Bertz CT molecular complexity index is 2550. The van der Waals surface area contributed by atoms with Crippen LogP contribution in [0, 0.1) is 23.7 Å². The van der Waals surface area contributed by atoms with Crippen molar-refractivity contribution in [3.63, 3.8) is 0 Å². The summed E-state index contributed by atoms with van der Waals surface area (Å²) in [5.41, 5.74) is 6.12. The van der Waals surface area contributed by atoms with Crippen LogP contribution in [0.2, 0.25) is 5.02 Å². The number of ether oxygens (including phenoxy) is 3. The lowest BCUT2D eigenvalue weighted by Gasteiger charge is -2.39. The van der Waals surface area contributed by atoms with Gasteiger partial charge in [-0.05, 0) is 97.0 Å². The monoisotopic (exact) mass is 848 g/mol. The molecule has 0 bridgehead atoms. The molecule has 0 radical (unpaired) electrons. The third kappa shape index (κ3) is 9.63. The number of rotatable bonds is 12. The summed E-state index contributed by atoms with van der Waals surface area (Å²) in [6.45, 7) is 10.5. The molecule has 312 valence electrons. The fourth-order valence-corrected chi connectivity index (χ4v) is 9.19. The van der Waals surface area contributed by atoms with Gasteiger partial charge in [0.1, 0.15) is 22.0 Å². The summed E-state index contributed by atoms with van der Waals surface area (Å²) in [4.78, 5) is 30.1. The Kier molecular flexibility index (Phi) is 12.2. The van der Waals surface area contributed by atoms with Gasteiger partial charge in [-0.3, -0.25) is 9.69 Å². The molecule has 2 N–H and O–H groups in total.